The highest BCUT2D eigenvalue weighted by molar-refractivity contribution is 5.94. The van der Waals surface area contributed by atoms with E-state index >= 15 is 0 Å². The first-order chi connectivity index (χ1) is 13.1. The summed E-state index contributed by atoms with van der Waals surface area (Å²) in [5.74, 6) is 1.06. The Labute approximate surface area is 158 Å². The van der Waals surface area contributed by atoms with Crippen molar-refractivity contribution >= 4 is 11.6 Å². The highest BCUT2D eigenvalue weighted by Crippen LogP contribution is 2.30. The number of para-hydroxylation sites is 1. The molecule has 0 fully saturated rings. The van der Waals surface area contributed by atoms with Gasteiger partial charge in [-0.25, -0.2) is 0 Å². The van der Waals surface area contributed by atoms with E-state index < -0.39 is 6.10 Å². The third kappa shape index (κ3) is 5.62. The predicted octanol–water partition coefficient (Wildman–Crippen LogP) is 3.00. The van der Waals surface area contributed by atoms with Crippen LogP contribution in [0, 0.1) is 11.3 Å². The molecule has 1 N–H and O–H groups in total. The number of rotatable bonds is 9. The van der Waals surface area contributed by atoms with Gasteiger partial charge in [-0.15, -0.1) is 0 Å². The Bertz CT molecular complexity index is 816. The van der Waals surface area contributed by atoms with Gasteiger partial charge in [-0.3, -0.25) is 4.79 Å². The average molecular weight is 370 g/mol. The zero-order valence-corrected chi connectivity index (χ0v) is 15.5. The van der Waals surface area contributed by atoms with Crippen LogP contribution >= 0.6 is 0 Å². The van der Waals surface area contributed by atoms with E-state index in [2.05, 4.69) is 5.32 Å². The molecule has 0 aliphatic heterocycles. The lowest BCUT2D eigenvalue weighted by Crippen LogP contribution is -2.30. The second-order valence-electron chi connectivity index (χ2n) is 5.56. The number of ether oxygens (including phenoxy) is 4. The van der Waals surface area contributed by atoms with Gasteiger partial charge in [0, 0.05) is 18.9 Å². The maximum Gasteiger partial charge on any atom is 0.265 e. The van der Waals surface area contributed by atoms with E-state index in [1.165, 1.54) is 0 Å². The van der Waals surface area contributed by atoms with Crippen LogP contribution in [0.2, 0.25) is 0 Å². The van der Waals surface area contributed by atoms with Crippen LogP contribution in [0.5, 0.6) is 17.2 Å². The topological polar surface area (TPSA) is 89.8 Å². The van der Waals surface area contributed by atoms with Crippen LogP contribution in [0.15, 0.2) is 42.5 Å². The van der Waals surface area contributed by atoms with Crippen molar-refractivity contribution in [2.24, 2.45) is 0 Å². The number of carbonyl (C=O) groups is 1. The average Bonchev–Trinajstić information content (AvgIpc) is 2.68. The molecular weight excluding hydrogens is 348 g/mol. The Balaban J connectivity index is 2.05. The summed E-state index contributed by atoms with van der Waals surface area (Å²) in [5.41, 5.74) is 0.910. The monoisotopic (exact) mass is 370 g/mol. The lowest BCUT2D eigenvalue weighted by atomic mass is 10.2. The zero-order valence-electron chi connectivity index (χ0n) is 15.5. The molecule has 2 aromatic rings. The fraction of sp³-hybridized carbons (Fsp3) is 0.300. The third-order valence-electron chi connectivity index (χ3n) is 3.66. The molecule has 0 unspecified atom stereocenters. The summed E-state index contributed by atoms with van der Waals surface area (Å²) < 4.78 is 21.4. The number of hydrogen-bond donors (Lipinski definition) is 1. The molecule has 0 radical (unpaired) electrons. The van der Waals surface area contributed by atoms with Crippen molar-refractivity contribution in [3.63, 3.8) is 0 Å². The molecule has 0 bridgehead atoms. The van der Waals surface area contributed by atoms with Crippen molar-refractivity contribution in [1.82, 2.24) is 0 Å². The molecule has 2 aromatic carbocycles. The van der Waals surface area contributed by atoms with Gasteiger partial charge in [0.25, 0.3) is 5.91 Å². The standard InChI is InChI=1S/C20H22N2O5/c1-14(27-17-7-5-4-6-15(17)13-21)20(23)22-16-8-9-18(25-3)19(12-16)26-11-10-24-2/h4-9,12,14H,10-11H2,1-3H3,(H,22,23)/t14-/m1/s1. The Morgan fingerprint density at radius 2 is 1.89 bits per heavy atom. The molecule has 142 valence electrons. The summed E-state index contributed by atoms with van der Waals surface area (Å²) in [6.45, 7) is 2.40. The van der Waals surface area contributed by atoms with E-state index in [-0.39, 0.29) is 5.91 Å². The van der Waals surface area contributed by atoms with Gasteiger partial charge >= 0.3 is 0 Å². The fourth-order valence-corrected chi connectivity index (χ4v) is 2.25. The quantitative estimate of drug-likeness (QED) is 0.683. The Morgan fingerprint density at radius 3 is 2.59 bits per heavy atom. The van der Waals surface area contributed by atoms with Gasteiger partial charge in [-0.05, 0) is 31.2 Å². The number of methoxy groups -OCH3 is 2. The second kappa shape index (κ2) is 10.0. The minimum absolute atomic E-state index is 0.351. The van der Waals surface area contributed by atoms with Gasteiger partial charge < -0.3 is 24.3 Å². The largest absolute Gasteiger partial charge is 0.493 e. The molecule has 0 saturated carbocycles. The number of nitrogens with one attached hydrogen (secondary N) is 1. The number of hydrogen-bond acceptors (Lipinski definition) is 6. The van der Waals surface area contributed by atoms with Gasteiger partial charge in [-0.2, -0.15) is 5.26 Å². The van der Waals surface area contributed by atoms with Crippen molar-refractivity contribution < 1.29 is 23.7 Å². The molecule has 7 heteroatoms. The van der Waals surface area contributed by atoms with Crippen LogP contribution in [-0.4, -0.2) is 39.4 Å². The number of anilines is 1. The Kier molecular flexibility index (Phi) is 7.47. The maximum atomic E-state index is 12.4. The van der Waals surface area contributed by atoms with Gasteiger partial charge in [-0.1, -0.05) is 12.1 Å². The van der Waals surface area contributed by atoms with Crippen molar-refractivity contribution in [1.29, 1.82) is 5.26 Å². The smallest absolute Gasteiger partial charge is 0.265 e. The lowest BCUT2D eigenvalue weighted by molar-refractivity contribution is -0.122. The molecule has 2 rings (SSSR count). The molecule has 0 aromatic heterocycles. The molecule has 0 saturated heterocycles. The number of carbonyl (C=O) groups excluding carboxylic acids is 1. The highest BCUT2D eigenvalue weighted by atomic mass is 16.5. The molecular formula is C20H22N2O5. The number of amides is 1. The molecule has 1 amide bonds. The molecule has 0 spiro atoms. The van der Waals surface area contributed by atoms with E-state index in [0.29, 0.717) is 41.7 Å². The Morgan fingerprint density at radius 1 is 1.11 bits per heavy atom. The van der Waals surface area contributed by atoms with Crippen LogP contribution in [0.25, 0.3) is 0 Å². The van der Waals surface area contributed by atoms with Crippen molar-refractivity contribution in [2.75, 3.05) is 32.8 Å². The van der Waals surface area contributed by atoms with Crippen molar-refractivity contribution in [3.8, 4) is 23.3 Å². The summed E-state index contributed by atoms with van der Waals surface area (Å²) >= 11 is 0. The van der Waals surface area contributed by atoms with Gasteiger partial charge in [0.1, 0.15) is 18.4 Å². The van der Waals surface area contributed by atoms with Crippen LogP contribution in [0.4, 0.5) is 5.69 Å². The normalized spacial score (nSPS) is 11.2. The number of benzene rings is 2. The third-order valence-corrected chi connectivity index (χ3v) is 3.66. The van der Waals surface area contributed by atoms with Gasteiger partial charge in [0.2, 0.25) is 0 Å². The van der Waals surface area contributed by atoms with E-state index in [0.717, 1.165) is 0 Å². The molecule has 1 atom stereocenters. The highest BCUT2D eigenvalue weighted by Gasteiger charge is 2.17. The van der Waals surface area contributed by atoms with Crippen LogP contribution in [0.3, 0.4) is 0 Å². The summed E-state index contributed by atoms with van der Waals surface area (Å²) in [5, 5.41) is 11.9. The second-order valence-corrected chi connectivity index (χ2v) is 5.56. The van der Waals surface area contributed by atoms with E-state index in [1.807, 2.05) is 6.07 Å². The summed E-state index contributed by atoms with van der Waals surface area (Å²) in [7, 11) is 3.13. The molecule has 7 nitrogen and oxygen atoms in total. The predicted molar refractivity (Wildman–Crippen MR) is 100 cm³/mol. The van der Waals surface area contributed by atoms with Crippen LogP contribution in [0.1, 0.15) is 12.5 Å². The first-order valence-electron chi connectivity index (χ1n) is 8.35. The van der Waals surface area contributed by atoms with Crippen molar-refractivity contribution in [3.05, 3.63) is 48.0 Å². The van der Waals surface area contributed by atoms with Crippen LogP contribution in [-0.2, 0) is 9.53 Å². The van der Waals surface area contributed by atoms with Gasteiger partial charge in [0.15, 0.2) is 17.6 Å². The van der Waals surface area contributed by atoms with Gasteiger partial charge in [0.05, 0.1) is 19.3 Å². The first-order valence-corrected chi connectivity index (χ1v) is 8.35. The molecule has 0 heterocycles. The molecule has 27 heavy (non-hydrogen) atoms. The summed E-state index contributed by atoms with van der Waals surface area (Å²) in [6.07, 6.45) is -0.792. The minimum atomic E-state index is -0.792. The minimum Gasteiger partial charge on any atom is -0.493 e. The first kappa shape index (κ1) is 20.1. The number of nitrogens with zero attached hydrogens (tertiary/aromatic N) is 1. The number of nitriles is 1. The SMILES string of the molecule is COCCOc1cc(NC(=O)[C@@H](C)Oc2ccccc2C#N)ccc1OC. The molecule has 0 aliphatic rings. The fourth-order valence-electron chi connectivity index (χ4n) is 2.25. The summed E-state index contributed by atoms with van der Waals surface area (Å²) in [4.78, 5) is 12.4. The van der Waals surface area contributed by atoms with E-state index in [4.69, 9.17) is 24.2 Å². The zero-order chi connectivity index (χ0) is 19.6. The van der Waals surface area contributed by atoms with E-state index in [9.17, 15) is 4.79 Å². The van der Waals surface area contributed by atoms with Crippen molar-refractivity contribution in [2.45, 2.75) is 13.0 Å². The summed E-state index contributed by atoms with van der Waals surface area (Å²) in [6, 6.07) is 13.9. The maximum absolute atomic E-state index is 12.4. The molecule has 0 aliphatic carbocycles. The lowest BCUT2D eigenvalue weighted by Gasteiger charge is -2.17. The Hall–Kier alpha value is -3.24. The van der Waals surface area contributed by atoms with E-state index in [1.54, 1.807) is 63.6 Å². The van der Waals surface area contributed by atoms with Crippen LogP contribution < -0.4 is 19.5 Å².